The molecular weight excluding hydrogens is 641 g/mol. The number of ether oxygens (including phenoxy) is 3. The van der Waals surface area contributed by atoms with Gasteiger partial charge in [0.05, 0.1) is 4.90 Å². The van der Waals surface area contributed by atoms with E-state index in [0.717, 1.165) is 6.07 Å². The standard InChI is InChI=1S/C19H17F15O6S/c1-9-3-4-12(41(35,36)37)11(5-9)6-10(2)7-38-8-13(20,21)39-18(31,32)19(33,34)40-17(29,30)15(24,25)14(22,23)16(26,27)28/h3-5,10H,6-8H2,1-2H3,(H,35,36,37)/t10-/m1/s1. The third kappa shape index (κ3) is 8.51. The van der Waals surface area contributed by atoms with E-state index in [1.807, 2.05) is 0 Å². The first-order valence-corrected chi connectivity index (χ1v) is 11.7. The fourth-order valence-corrected chi connectivity index (χ4v) is 3.57. The van der Waals surface area contributed by atoms with Crippen LogP contribution in [0.2, 0.25) is 0 Å². The van der Waals surface area contributed by atoms with Crippen molar-refractivity contribution in [2.24, 2.45) is 5.92 Å². The van der Waals surface area contributed by atoms with E-state index in [4.69, 9.17) is 0 Å². The van der Waals surface area contributed by atoms with Crippen LogP contribution < -0.4 is 0 Å². The molecule has 6 nitrogen and oxygen atoms in total. The number of benzene rings is 1. The number of halogens is 15. The van der Waals surface area contributed by atoms with Gasteiger partial charge < -0.3 is 4.74 Å². The number of rotatable bonds is 14. The molecule has 0 amide bonds. The van der Waals surface area contributed by atoms with Crippen LogP contribution >= 0.6 is 0 Å². The average Bonchev–Trinajstić information content (AvgIpc) is 2.69. The van der Waals surface area contributed by atoms with Crippen molar-refractivity contribution in [1.29, 1.82) is 0 Å². The lowest BCUT2D eigenvalue weighted by Crippen LogP contribution is -2.64. The highest BCUT2D eigenvalue weighted by Crippen LogP contribution is 2.56. The smallest absolute Gasteiger partial charge is 0.372 e. The van der Waals surface area contributed by atoms with Crippen LogP contribution in [0.25, 0.3) is 0 Å². The number of hydrogen-bond acceptors (Lipinski definition) is 5. The topological polar surface area (TPSA) is 82.1 Å². The molecule has 0 aliphatic rings. The Morgan fingerprint density at radius 2 is 1.27 bits per heavy atom. The summed E-state index contributed by atoms with van der Waals surface area (Å²) in [5.41, 5.74) is 0.403. The number of alkyl halides is 15. The maximum absolute atomic E-state index is 13.7. The molecule has 0 aliphatic carbocycles. The van der Waals surface area contributed by atoms with E-state index in [-0.39, 0.29) is 12.0 Å². The van der Waals surface area contributed by atoms with Gasteiger partial charge in [-0.3, -0.25) is 4.55 Å². The molecule has 0 saturated carbocycles. The highest BCUT2D eigenvalue weighted by atomic mass is 32.2. The highest BCUT2D eigenvalue weighted by Gasteiger charge is 2.85. The second-order valence-corrected chi connectivity index (χ2v) is 9.84. The van der Waals surface area contributed by atoms with Crippen molar-refractivity contribution in [3.63, 3.8) is 0 Å². The summed E-state index contributed by atoms with van der Waals surface area (Å²) in [6, 6.07) is 3.53. The summed E-state index contributed by atoms with van der Waals surface area (Å²) < 4.78 is 235. The van der Waals surface area contributed by atoms with Crippen LogP contribution in [0.4, 0.5) is 65.9 Å². The summed E-state index contributed by atoms with van der Waals surface area (Å²) >= 11 is 0. The number of hydrogen-bond donors (Lipinski definition) is 1. The van der Waals surface area contributed by atoms with Crippen LogP contribution in [-0.2, 0) is 30.7 Å². The zero-order valence-corrected chi connectivity index (χ0v) is 20.8. The SMILES string of the molecule is Cc1ccc(S(=O)(=O)O)c(C[C@@H](C)COCC(F)(F)OC(F)(F)C(F)(F)OC(F)(F)C(F)(F)C(F)(F)C(F)(F)F)c1. The molecule has 1 aromatic rings. The molecule has 0 fully saturated rings. The minimum atomic E-state index is -7.95. The minimum absolute atomic E-state index is 0.0660. The van der Waals surface area contributed by atoms with Gasteiger partial charge in [-0.1, -0.05) is 24.6 Å². The van der Waals surface area contributed by atoms with E-state index in [2.05, 4.69) is 9.47 Å². The lowest BCUT2D eigenvalue weighted by Gasteiger charge is -2.36. The molecule has 0 saturated heterocycles. The second kappa shape index (κ2) is 11.6. The molecule has 0 radical (unpaired) electrons. The largest absolute Gasteiger partial charge is 0.460 e. The molecule has 0 heterocycles. The third-order valence-corrected chi connectivity index (χ3v) is 5.68. The summed E-state index contributed by atoms with van der Waals surface area (Å²) in [6.07, 6.45) is -35.6. The van der Waals surface area contributed by atoms with Crippen LogP contribution in [0, 0.1) is 12.8 Å². The Morgan fingerprint density at radius 1 is 0.780 bits per heavy atom. The van der Waals surface area contributed by atoms with Crippen molar-refractivity contribution in [3.8, 4) is 0 Å². The van der Waals surface area contributed by atoms with Gasteiger partial charge in [0, 0.05) is 6.61 Å². The van der Waals surface area contributed by atoms with Gasteiger partial charge in [0.2, 0.25) is 0 Å². The Bertz CT molecular complexity index is 1170. The van der Waals surface area contributed by atoms with Gasteiger partial charge >= 0.3 is 42.5 Å². The predicted molar refractivity (Wildman–Crippen MR) is 103 cm³/mol. The van der Waals surface area contributed by atoms with Crippen LogP contribution in [-0.4, -0.2) is 68.6 Å². The van der Waals surface area contributed by atoms with Gasteiger partial charge in [0.25, 0.3) is 10.1 Å². The minimum Gasteiger partial charge on any atom is -0.372 e. The van der Waals surface area contributed by atoms with Gasteiger partial charge in [0.1, 0.15) is 6.61 Å². The molecule has 0 aliphatic heterocycles. The molecule has 0 unspecified atom stereocenters. The van der Waals surface area contributed by atoms with Gasteiger partial charge in [-0.25, -0.2) is 9.47 Å². The first-order chi connectivity index (χ1) is 17.9. The van der Waals surface area contributed by atoms with E-state index >= 15 is 0 Å². The van der Waals surface area contributed by atoms with Crippen molar-refractivity contribution < 1.29 is 93.0 Å². The van der Waals surface area contributed by atoms with Crippen molar-refractivity contribution in [2.75, 3.05) is 13.2 Å². The molecule has 0 spiro atoms. The summed E-state index contributed by atoms with van der Waals surface area (Å²) in [7, 11) is -4.76. The zero-order valence-electron chi connectivity index (χ0n) is 20.0. The van der Waals surface area contributed by atoms with Crippen molar-refractivity contribution in [2.45, 2.75) is 67.6 Å². The molecule has 0 aromatic heterocycles. The third-order valence-electron chi connectivity index (χ3n) is 4.72. The van der Waals surface area contributed by atoms with Crippen LogP contribution in [0.15, 0.2) is 23.1 Å². The van der Waals surface area contributed by atoms with Crippen LogP contribution in [0.5, 0.6) is 0 Å². The summed E-state index contributed by atoms with van der Waals surface area (Å²) in [6.45, 7) is -0.590. The van der Waals surface area contributed by atoms with E-state index in [1.54, 1.807) is 0 Å². The van der Waals surface area contributed by atoms with Crippen molar-refractivity contribution in [1.82, 2.24) is 0 Å². The van der Waals surface area contributed by atoms with Gasteiger partial charge in [-0.15, -0.1) is 0 Å². The van der Waals surface area contributed by atoms with Crippen LogP contribution in [0.1, 0.15) is 18.1 Å². The maximum Gasteiger partial charge on any atom is 0.460 e. The molecule has 41 heavy (non-hydrogen) atoms. The van der Waals surface area contributed by atoms with E-state index in [1.165, 1.54) is 30.7 Å². The Labute approximate surface area is 220 Å². The van der Waals surface area contributed by atoms with E-state index < -0.39 is 76.6 Å². The van der Waals surface area contributed by atoms with Gasteiger partial charge in [0.15, 0.2) is 0 Å². The quantitative estimate of drug-likeness (QED) is 0.178. The monoisotopic (exact) mass is 658 g/mol. The lowest BCUT2D eigenvalue weighted by atomic mass is 10.0. The normalized spacial score (nSPS) is 15.8. The van der Waals surface area contributed by atoms with Crippen LogP contribution in [0.3, 0.4) is 0 Å². The Kier molecular flexibility index (Phi) is 10.4. The van der Waals surface area contributed by atoms with Gasteiger partial charge in [-0.2, -0.15) is 74.3 Å². The first kappa shape index (κ1) is 37.0. The first-order valence-electron chi connectivity index (χ1n) is 10.3. The zero-order chi connectivity index (χ0) is 32.7. The lowest BCUT2D eigenvalue weighted by molar-refractivity contribution is -0.543. The van der Waals surface area contributed by atoms with E-state index in [0.29, 0.717) is 5.56 Å². The average molecular weight is 658 g/mol. The Morgan fingerprint density at radius 3 is 1.73 bits per heavy atom. The predicted octanol–water partition coefficient (Wildman–Crippen LogP) is 6.67. The van der Waals surface area contributed by atoms with Crippen molar-refractivity contribution >= 4 is 10.1 Å². The molecular formula is C19H17F15O6S. The van der Waals surface area contributed by atoms with Gasteiger partial charge in [-0.05, 0) is 30.9 Å². The Balaban J connectivity index is 2.95. The number of aryl methyl sites for hydroxylation is 1. The highest BCUT2D eigenvalue weighted by molar-refractivity contribution is 7.85. The summed E-state index contributed by atoms with van der Waals surface area (Å²) in [5, 5.41) is 0. The Hall–Kier alpha value is -2.04. The molecule has 1 rings (SSSR count). The maximum atomic E-state index is 13.7. The molecule has 240 valence electrons. The summed E-state index contributed by atoms with van der Waals surface area (Å²) in [5.74, 6) is -16.8. The van der Waals surface area contributed by atoms with Crippen molar-refractivity contribution in [3.05, 3.63) is 29.3 Å². The molecule has 0 bridgehead atoms. The molecule has 22 heteroatoms. The van der Waals surface area contributed by atoms with E-state index in [9.17, 15) is 78.8 Å². The molecule has 1 aromatic carbocycles. The summed E-state index contributed by atoms with van der Waals surface area (Å²) in [4.78, 5) is -0.596. The molecule has 1 N–H and O–H groups in total. The fraction of sp³-hybridized carbons (Fsp3) is 0.684. The molecule has 1 atom stereocenters. The fourth-order valence-electron chi connectivity index (χ4n) is 2.85. The second-order valence-electron chi connectivity index (χ2n) is 8.45.